The van der Waals surface area contributed by atoms with Gasteiger partial charge in [-0.05, 0) is 50.6 Å². The van der Waals surface area contributed by atoms with Crippen LogP contribution < -0.4 is 15.4 Å². The highest BCUT2D eigenvalue weighted by Crippen LogP contribution is 2.30. The first-order valence-corrected chi connectivity index (χ1v) is 7.64. The summed E-state index contributed by atoms with van der Waals surface area (Å²) in [6.45, 7) is 1.82. The Morgan fingerprint density at radius 3 is 2.64 bits per heavy atom. The largest absolute Gasteiger partial charge is 0.490 e. The standard InChI is InChI=1S/C16H19FN2O3/c17-14-3-1-11(22-10-5-7-18-8-6-10)9-13(14)12-2-4-15(20)19-16(12)21/h1,3,9-10,12,18H,2,4-8H2,(H,19,20,21). The van der Waals surface area contributed by atoms with Gasteiger partial charge in [-0.15, -0.1) is 0 Å². The first-order valence-electron chi connectivity index (χ1n) is 7.64. The van der Waals surface area contributed by atoms with Crippen LogP contribution in [-0.2, 0) is 9.59 Å². The van der Waals surface area contributed by atoms with Crippen molar-refractivity contribution in [2.75, 3.05) is 13.1 Å². The maximum atomic E-state index is 14.1. The van der Waals surface area contributed by atoms with E-state index in [0.29, 0.717) is 17.7 Å². The molecule has 118 valence electrons. The molecule has 1 atom stereocenters. The molecule has 2 amide bonds. The zero-order chi connectivity index (χ0) is 15.5. The Labute approximate surface area is 128 Å². The van der Waals surface area contributed by atoms with Gasteiger partial charge in [-0.2, -0.15) is 0 Å². The molecule has 0 spiro atoms. The van der Waals surface area contributed by atoms with Crippen LogP contribution in [0.1, 0.15) is 37.2 Å². The van der Waals surface area contributed by atoms with Crippen LogP contribution >= 0.6 is 0 Å². The molecule has 0 bridgehead atoms. The minimum absolute atomic E-state index is 0.112. The molecule has 22 heavy (non-hydrogen) atoms. The fourth-order valence-corrected chi connectivity index (χ4v) is 2.96. The van der Waals surface area contributed by atoms with Gasteiger partial charge in [0.1, 0.15) is 17.7 Å². The van der Waals surface area contributed by atoms with Crippen molar-refractivity contribution in [1.82, 2.24) is 10.6 Å². The van der Waals surface area contributed by atoms with Crippen molar-refractivity contribution >= 4 is 11.8 Å². The van der Waals surface area contributed by atoms with E-state index >= 15 is 0 Å². The number of carbonyl (C=O) groups excluding carboxylic acids is 2. The first kappa shape index (κ1) is 15.0. The lowest BCUT2D eigenvalue weighted by Gasteiger charge is -2.25. The van der Waals surface area contributed by atoms with Gasteiger partial charge in [-0.1, -0.05) is 0 Å². The van der Waals surface area contributed by atoms with Gasteiger partial charge in [-0.3, -0.25) is 14.9 Å². The molecule has 1 aromatic carbocycles. The van der Waals surface area contributed by atoms with Gasteiger partial charge in [0.15, 0.2) is 0 Å². The number of piperidine rings is 2. The third-order valence-corrected chi connectivity index (χ3v) is 4.17. The van der Waals surface area contributed by atoms with Gasteiger partial charge in [-0.25, -0.2) is 4.39 Å². The quantitative estimate of drug-likeness (QED) is 0.830. The number of benzene rings is 1. The summed E-state index contributed by atoms with van der Waals surface area (Å²) < 4.78 is 20.0. The first-order chi connectivity index (χ1) is 10.6. The molecule has 0 aromatic heterocycles. The number of ether oxygens (including phenoxy) is 1. The molecular weight excluding hydrogens is 287 g/mol. The number of rotatable bonds is 3. The van der Waals surface area contributed by atoms with Crippen LogP contribution in [-0.4, -0.2) is 31.0 Å². The minimum Gasteiger partial charge on any atom is -0.490 e. The van der Waals surface area contributed by atoms with E-state index in [4.69, 9.17) is 4.74 Å². The summed E-state index contributed by atoms with van der Waals surface area (Å²) in [7, 11) is 0. The van der Waals surface area contributed by atoms with Crippen molar-refractivity contribution in [3.63, 3.8) is 0 Å². The minimum atomic E-state index is -0.630. The number of nitrogens with one attached hydrogen (secondary N) is 2. The van der Waals surface area contributed by atoms with Gasteiger partial charge in [0, 0.05) is 12.0 Å². The smallest absolute Gasteiger partial charge is 0.234 e. The predicted molar refractivity (Wildman–Crippen MR) is 78.0 cm³/mol. The molecule has 1 aromatic rings. The summed E-state index contributed by atoms with van der Waals surface area (Å²) in [6.07, 6.45) is 2.49. The predicted octanol–water partition coefficient (Wildman–Crippen LogP) is 1.48. The third kappa shape index (κ3) is 3.27. The van der Waals surface area contributed by atoms with Crippen molar-refractivity contribution in [1.29, 1.82) is 0 Å². The molecule has 2 saturated heterocycles. The lowest BCUT2D eigenvalue weighted by molar-refractivity contribution is -0.134. The SMILES string of the molecule is O=C1CCC(c2cc(OC3CCNCC3)ccc2F)C(=O)N1. The molecule has 2 aliphatic rings. The number of hydrogen-bond acceptors (Lipinski definition) is 4. The van der Waals surface area contributed by atoms with E-state index in [-0.39, 0.29) is 18.4 Å². The summed E-state index contributed by atoms with van der Waals surface area (Å²) in [4.78, 5) is 23.1. The Balaban J connectivity index is 1.77. The highest BCUT2D eigenvalue weighted by molar-refractivity contribution is 6.00. The molecule has 0 radical (unpaired) electrons. The van der Waals surface area contributed by atoms with Gasteiger partial charge in [0.05, 0.1) is 5.92 Å². The summed E-state index contributed by atoms with van der Waals surface area (Å²) in [5.41, 5.74) is 0.302. The number of hydrogen-bond donors (Lipinski definition) is 2. The highest BCUT2D eigenvalue weighted by Gasteiger charge is 2.30. The van der Waals surface area contributed by atoms with E-state index < -0.39 is 17.6 Å². The Bertz CT molecular complexity index is 585. The lowest BCUT2D eigenvalue weighted by atomic mass is 9.90. The maximum Gasteiger partial charge on any atom is 0.234 e. The van der Waals surface area contributed by atoms with E-state index in [9.17, 15) is 14.0 Å². The van der Waals surface area contributed by atoms with Gasteiger partial charge in [0.2, 0.25) is 11.8 Å². The Morgan fingerprint density at radius 2 is 1.91 bits per heavy atom. The highest BCUT2D eigenvalue weighted by atomic mass is 19.1. The number of amides is 2. The summed E-state index contributed by atoms with van der Waals surface area (Å²) in [6, 6.07) is 4.51. The van der Waals surface area contributed by atoms with Crippen LogP contribution in [0.15, 0.2) is 18.2 Å². The average molecular weight is 306 g/mol. The van der Waals surface area contributed by atoms with E-state index in [1.54, 1.807) is 12.1 Å². The molecule has 6 heteroatoms. The van der Waals surface area contributed by atoms with Crippen LogP contribution in [0.5, 0.6) is 5.75 Å². The van der Waals surface area contributed by atoms with Crippen LogP contribution in [0.2, 0.25) is 0 Å². The summed E-state index contributed by atoms with van der Waals surface area (Å²) in [5.74, 6) is -1.23. The molecule has 3 rings (SSSR count). The fourth-order valence-electron chi connectivity index (χ4n) is 2.96. The van der Waals surface area contributed by atoms with Gasteiger partial charge in [0.25, 0.3) is 0 Å². The number of carbonyl (C=O) groups is 2. The van der Waals surface area contributed by atoms with Gasteiger partial charge < -0.3 is 10.1 Å². The second-order valence-corrected chi connectivity index (χ2v) is 5.75. The molecule has 5 nitrogen and oxygen atoms in total. The molecule has 2 aliphatic heterocycles. The second kappa shape index (κ2) is 6.44. The molecule has 2 heterocycles. The topological polar surface area (TPSA) is 67.4 Å². The molecular formula is C16H19FN2O3. The molecule has 0 aliphatic carbocycles. The Morgan fingerprint density at radius 1 is 1.14 bits per heavy atom. The summed E-state index contributed by atoms with van der Waals surface area (Å²) >= 11 is 0. The van der Waals surface area contributed by atoms with Crippen LogP contribution in [0.4, 0.5) is 4.39 Å². The lowest BCUT2D eigenvalue weighted by Crippen LogP contribution is -2.39. The number of halogens is 1. The zero-order valence-electron chi connectivity index (χ0n) is 12.2. The van der Waals surface area contributed by atoms with E-state index in [1.807, 2.05) is 0 Å². The molecule has 1 unspecified atom stereocenters. The van der Waals surface area contributed by atoms with Crippen molar-refractivity contribution in [2.45, 2.75) is 37.7 Å². The van der Waals surface area contributed by atoms with Crippen molar-refractivity contribution < 1.29 is 18.7 Å². The van der Waals surface area contributed by atoms with Crippen molar-refractivity contribution in [3.05, 3.63) is 29.6 Å². The van der Waals surface area contributed by atoms with Crippen LogP contribution in [0.25, 0.3) is 0 Å². The van der Waals surface area contributed by atoms with E-state index in [0.717, 1.165) is 25.9 Å². The monoisotopic (exact) mass is 306 g/mol. The zero-order valence-corrected chi connectivity index (χ0v) is 12.2. The summed E-state index contributed by atoms with van der Waals surface area (Å²) in [5, 5.41) is 5.52. The van der Waals surface area contributed by atoms with Crippen LogP contribution in [0.3, 0.4) is 0 Å². The Kier molecular flexibility index (Phi) is 4.38. The third-order valence-electron chi connectivity index (χ3n) is 4.17. The Hall–Kier alpha value is -1.95. The average Bonchev–Trinajstić information content (AvgIpc) is 2.51. The number of imide groups is 1. The van der Waals surface area contributed by atoms with Gasteiger partial charge >= 0.3 is 0 Å². The van der Waals surface area contributed by atoms with E-state index in [2.05, 4.69) is 10.6 Å². The molecule has 0 saturated carbocycles. The van der Waals surface area contributed by atoms with Crippen molar-refractivity contribution in [3.8, 4) is 5.75 Å². The molecule has 2 N–H and O–H groups in total. The normalized spacial score (nSPS) is 23.2. The maximum absolute atomic E-state index is 14.1. The van der Waals surface area contributed by atoms with E-state index in [1.165, 1.54) is 6.07 Å². The second-order valence-electron chi connectivity index (χ2n) is 5.75. The van der Waals surface area contributed by atoms with Crippen molar-refractivity contribution in [2.24, 2.45) is 0 Å². The fraction of sp³-hybridized carbons (Fsp3) is 0.500. The van der Waals surface area contributed by atoms with Crippen LogP contribution in [0, 0.1) is 5.82 Å². The molecule has 2 fully saturated rings.